The second kappa shape index (κ2) is 5.01. The first-order valence-corrected chi connectivity index (χ1v) is 7.54. The molecule has 1 fully saturated rings. The van der Waals surface area contributed by atoms with Gasteiger partial charge in [0, 0.05) is 37.3 Å². The predicted molar refractivity (Wildman–Crippen MR) is 86.6 cm³/mol. The molecule has 21 heavy (non-hydrogen) atoms. The Hall–Kier alpha value is -2.13. The van der Waals surface area contributed by atoms with Crippen LogP contribution in [-0.4, -0.2) is 34.6 Å². The van der Waals surface area contributed by atoms with Crippen LogP contribution in [0.25, 0.3) is 17.8 Å². The van der Waals surface area contributed by atoms with Crippen LogP contribution in [0.1, 0.15) is 29.8 Å². The summed E-state index contributed by atoms with van der Waals surface area (Å²) in [6, 6.07) is 8.65. The predicted octanol–water partition coefficient (Wildman–Crippen LogP) is 3.35. The highest BCUT2D eigenvalue weighted by molar-refractivity contribution is 5.88. The second-order valence-corrected chi connectivity index (χ2v) is 5.84. The van der Waals surface area contributed by atoms with Gasteiger partial charge >= 0.3 is 0 Å². The van der Waals surface area contributed by atoms with Crippen LogP contribution in [0.5, 0.6) is 0 Å². The van der Waals surface area contributed by atoms with Crippen molar-refractivity contribution < 1.29 is 0 Å². The first kappa shape index (κ1) is 12.6. The van der Waals surface area contributed by atoms with E-state index < -0.39 is 0 Å². The minimum Gasteiger partial charge on any atom is -0.307 e. The quantitative estimate of drug-likeness (QED) is 0.628. The monoisotopic (exact) mass is 277 g/mol. The summed E-state index contributed by atoms with van der Waals surface area (Å²) in [7, 11) is 2.20. The molecular formula is C18H19N3. The molecule has 2 aliphatic heterocycles. The van der Waals surface area contributed by atoms with E-state index >= 15 is 0 Å². The minimum atomic E-state index is 1.08. The summed E-state index contributed by atoms with van der Waals surface area (Å²) in [6.45, 7) is 2.27. The Morgan fingerprint density at radius 3 is 2.76 bits per heavy atom. The molecule has 3 heterocycles. The average Bonchev–Trinajstić information content (AvgIpc) is 2.91. The van der Waals surface area contributed by atoms with E-state index in [1.54, 1.807) is 0 Å². The Balaban J connectivity index is 1.94. The SMILES string of the molecule is CN1CCC(=C2c3ccccc3C=Cn3ccnc32)CC1. The molecule has 2 aromatic rings. The van der Waals surface area contributed by atoms with Gasteiger partial charge in [0.1, 0.15) is 5.82 Å². The fraction of sp³-hybridized carbons (Fsp3) is 0.278. The lowest BCUT2D eigenvalue weighted by atomic mass is 9.90. The van der Waals surface area contributed by atoms with Crippen molar-refractivity contribution in [2.75, 3.05) is 20.1 Å². The van der Waals surface area contributed by atoms with Crippen molar-refractivity contribution in [3.05, 3.63) is 59.2 Å². The van der Waals surface area contributed by atoms with Gasteiger partial charge < -0.3 is 9.47 Å². The van der Waals surface area contributed by atoms with E-state index in [0.29, 0.717) is 0 Å². The lowest BCUT2D eigenvalue weighted by molar-refractivity contribution is 0.313. The van der Waals surface area contributed by atoms with Crippen LogP contribution in [0.3, 0.4) is 0 Å². The van der Waals surface area contributed by atoms with Crippen molar-refractivity contribution in [3.8, 4) is 0 Å². The number of aromatic nitrogens is 2. The number of benzene rings is 1. The van der Waals surface area contributed by atoms with E-state index in [1.165, 1.54) is 22.3 Å². The normalized spacial score (nSPS) is 18.3. The van der Waals surface area contributed by atoms with Crippen LogP contribution in [0, 0.1) is 0 Å². The van der Waals surface area contributed by atoms with Gasteiger partial charge in [-0.25, -0.2) is 4.98 Å². The van der Waals surface area contributed by atoms with E-state index in [9.17, 15) is 0 Å². The topological polar surface area (TPSA) is 21.1 Å². The second-order valence-electron chi connectivity index (χ2n) is 5.84. The summed E-state index contributed by atoms with van der Waals surface area (Å²) in [6.07, 6.45) is 10.5. The first-order valence-electron chi connectivity index (χ1n) is 7.54. The van der Waals surface area contributed by atoms with Gasteiger partial charge in [-0.2, -0.15) is 0 Å². The molecular weight excluding hydrogens is 258 g/mol. The maximum Gasteiger partial charge on any atom is 0.144 e. The number of likely N-dealkylation sites (tertiary alicyclic amines) is 1. The Bertz CT molecular complexity index is 726. The molecule has 3 heteroatoms. The van der Waals surface area contributed by atoms with Crippen molar-refractivity contribution in [1.29, 1.82) is 0 Å². The van der Waals surface area contributed by atoms with Crippen molar-refractivity contribution in [3.63, 3.8) is 0 Å². The number of piperidine rings is 1. The third kappa shape index (κ3) is 2.14. The highest BCUT2D eigenvalue weighted by Gasteiger charge is 2.22. The maximum atomic E-state index is 4.63. The summed E-state index contributed by atoms with van der Waals surface area (Å²) in [4.78, 5) is 7.03. The smallest absolute Gasteiger partial charge is 0.144 e. The third-order valence-corrected chi connectivity index (χ3v) is 4.48. The zero-order valence-electron chi connectivity index (χ0n) is 12.3. The lowest BCUT2D eigenvalue weighted by Crippen LogP contribution is -2.27. The highest BCUT2D eigenvalue weighted by Crippen LogP contribution is 2.35. The summed E-state index contributed by atoms with van der Waals surface area (Å²) < 4.78 is 2.14. The first-order chi connectivity index (χ1) is 10.3. The van der Waals surface area contributed by atoms with Crippen molar-refractivity contribution in [2.24, 2.45) is 0 Å². The van der Waals surface area contributed by atoms with Gasteiger partial charge in [0.2, 0.25) is 0 Å². The van der Waals surface area contributed by atoms with Gasteiger partial charge in [-0.15, -0.1) is 0 Å². The van der Waals surface area contributed by atoms with Gasteiger partial charge in [-0.1, -0.05) is 29.8 Å². The maximum absolute atomic E-state index is 4.63. The summed E-state index contributed by atoms with van der Waals surface area (Å²) in [5, 5.41) is 0. The van der Waals surface area contributed by atoms with E-state index in [4.69, 9.17) is 0 Å². The number of hydrogen-bond acceptors (Lipinski definition) is 2. The molecule has 0 atom stereocenters. The Morgan fingerprint density at radius 1 is 1.10 bits per heavy atom. The fourth-order valence-corrected chi connectivity index (χ4v) is 3.27. The van der Waals surface area contributed by atoms with Gasteiger partial charge in [-0.3, -0.25) is 0 Å². The molecule has 0 radical (unpaired) electrons. The summed E-state index contributed by atoms with van der Waals surface area (Å²) in [5.74, 6) is 1.08. The largest absolute Gasteiger partial charge is 0.307 e. The molecule has 0 N–H and O–H groups in total. The molecule has 4 rings (SSSR count). The Labute approximate surface area is 125 Å². The lowest BCUT2D eigenvalue weighted by Gasteiger charge is -2.26. The van der Waals surface area contributed by atoms with Crippen LogP contribution < -0.4 is 0 Å². The molecule has 3 nitrogen and oxygen atoms in total. The van der Waals surface area contributed by atoms with Crippen LogP contribution in [0.4, 0.5) is 0 Å². The number of nitrogens with zero attached hydrogens (tertiary/aromatic N) is 3. The number of hydrogen-bond donors (Lipinski definition) is 0. The van der Waals surface area contributed by atoms with Crippen molar-refractivity contribution in [2.45, 2.75) is 12.8 Å². The molecule has 0 saturated carbocycles. The third-order valence-electron chi connectivity index (χ3n) is 4.48. The summed E-state index contributed by atoms with van der Waals surface area (Å²) >= 11 is 0. The molecule has 0 unspecified atom stereocenters. The minimum absolute atomic E-state index is 1.08. The highest BCUT2D eigenvalue weighted by atomic mass is 15.1. The van der Waals surface area contributed by atoms with E-state index in [-0.39, 0.29) is 0 Å². The van der Waals surface area contributed by atoms with Crippen molar-refractivity contribution >= 4 is 17.8 Å². The number of imidazole rings is 1. The molecule has 0 amide bonds. The standard InChI is InChI=1S/C18H19N3/c1-20-10-6-15(7-11-20)17-16-5-3-2-4-14(16)8-12-21-13-9-19-18(17)21/h2-5,8-9,12-13H,6-7,10-11H2,1H3. The molecule has 106 valence electrons. The van der Waals surface area contributed by atoms with Gasteiger partial charge in [0.05, 0.1) is 0 Å². The molecule has 0 spiro atoms. The van der Waals surface area contributed by atoms with Gasteiger partial charge in [0.25, 0.3) is 0 Å². The van der Waals surface area contributed by atoms with Gasteiger partial charge in [0.15, 0.2) is 0 Å². The molecule has 1 aromatic heterocycles. The average molecular weight is 277 g/mol. The summed E-state index contributed by atoms with van der Waals surface area (Å²) in [5.41, 5.74) is 5.48. The van der Waals surface area contributed by atoms with E-state index in [2.05, 4.69) is 58.0 Å². The Morgan fingerprint density at radius 2 is 1.90 bits per heavy atom. The van der Waals surface area contributed by atoms with E-state index in [1.807, 2.05) is 12.4 Å². The fourth-order valence-electron chi connectivity index (χ4n) is 3.27. The molecule has 0 bridgehead atoms. The molecule has 1 aromatic carbocycles. The Kier molecular flexibility index (Phi) is 3.00. The van der Waals surface area contributed by atoms with Crippen LogP contribution in [0.15, 0.2) is 42.2 Å². The van der Waals surface area contributed by atoms with Crippen LogP contribution in [0.2, 0.25) is 0 Å². The van der Waals surface area contributed by atoms with E-state index in [0.717, 1.165) is 31.8 Å². The zero-order valence-corrected chi connectivity index (χ0v) is 12.3. The van der Waals surface area contributed by atoms with Crippen molar-refractivity contribution in [1.82, 2.24) is 14.5 Å². The molecule has 1 saturated heterocycles. The van der Waals surface area contributed by atoms with Crippen LogP contribution >= 0.6 is 0 Å². The number of rotatable bonds is 0. The van der Waals surface area contributed by atoms with Crippen LogP contribution in [-0.2, 0) is 0 Å². The van der Waals surface area contributed by atoms with Gasteiger partial charge in [-0.05, 0) is 37.1 Å². The molecule has 2 aliphatic rings. The molecule has 0 aliphatic carbocycles. The zero-order chi connectivity index (χ0) is 14.2. The number of fused-ring (bicyclic) bond motifs is 2.